The van der Waals surface area contributed by atoms with E-state index in [-0.39, 0.29) is 51.0 Å². The van der Waals surface area contributed by atoms with Crippen LogP contribution in [0.25, 0.3) is 0 Å². The Morgan fingerprint density at radius 3 is 2.32 bits per heavy atom. The van der Waals surface area contributed by atoms with Gasteiger partial charge in [-0.15, -0.1) is 0 Å². The molecule has 5 saturated heterocycles. The number of ketones is 1. The summed E-state index contributed by atoms with van der Waals surface area (Å²) in [6, 6.07) is -1.52. The number of nitrogens with zero attached hydrogens (tertiary/aromatic N) is 2. The van der Waals surface area contributed by atoms with Crippen molar-refractivity contribution in [3.63, 3.8) is 0 Å². The van der Waals surface area contributed by atoms with Crippen molar-refractivity contribution in [1.82, 2.24) is 9.80 Å². The fraction of sp³-hybridized carbons (Fsp3) is 0.886. The summed E-state index contributed by atoms with van der Waals surface area (Å²) < 4.78 is 73.4. The van der Waals surface area contributed by atoms with Gasteiger partial charge in [0, 0.05) is 37.1 Å². The van der Waals surface area contributed by atoms with E-state index in [0.29, 0.717) is 6.42 Å². The lowest BCUT2D eigenvalue weighted by Crippen LogP contribution is -2.61. The Hall–Kier alpha value is -2.33. The van der Waals surface area contributed by atoms with Crippen LogP contribution in [0.2, 0.25) is 0 Å². The van der Waals surface area contributed by atoms with Gasteiger partial charge >= 0.3 is 24.0 Å². The number of fused-ring (bicyclic) bond motifs is 10. The molecule has 12 nitrogen and oxygen atoms in total. The lowest BCUT2D eigenvalue weighted by molar-refractivity contribution is -0.300. The summed E-state index contributed by atoms with van der Waals surface area (Å²) in [5, 5.41) is 11.4. The smallest absolute Gasteiger partial charge is 0.457 e. The lowest BCUT2D eigenvalue weighted by atomic mass is 9.70. The number of esters is 2. The molecule has 0 saturated carbocycles. The van der Waals surface area contributed by atoms with Crippen molar-refractivity contribution in [3.8, 4) is 0 Å². The molecule has 0 spiro atoms. The topological polar surface area (TPSA) is 141 Å². The first kappa shape index (κ1) is 40.4. The molecule has 50 heavy (non-hydrogen) atoms. The van der Waals surface area contributed by atoms with Crippen LogP contribution >= 0.6 is 0 Å². The molecule has 0 aliphatic carbocycles. The predicted molar refractivity (Wildman–Crippen MR) is 172 cm³/mol. The van der Waals surface area contributed by atoms with Gasteiger partial charge < -0.3 is 38.6 Å². The van der Waals surface area contributed by atoms with E-state index < -0.39 is 94.8 Å². The normalized spacial score (nSPS) is 43.8. The maximum atomic E-state index is 14.6. The van der Waals surface area contributed by atoms with E-state index in [1.54, 1.807) is 27.7 Å². The minimum absolute atomic E-state index is 0.0230. The van der Waals surface area contributed by atoms with Crippen LogP contribution in [-0.4, -0.2) is 126 Å². The number of aliphatic hydroxyl groups excluding tert-OH is 1. The Labute approximate surface area is 292 Å². The number of alkyl halides is 3. The highest BCUT2D eigenvalue weighted by molar-refractivity contribution is 6.04. The maximum Gasteiger partial charge on any atom is 0.471 e. The molecule has 2 bridgehead atoms. The van der Waals surface area contributed by atoms with E-state index in [9.17, 15) is 37.5 Å². The van der Waals surface area contributed by atoms with E-state index in [1.165, 1.54) is 20.8 Å². The van der Waals surface area contributed by atoms with E-state index in [1.807, 2.05) is 25.9 Å². The number of hydrogen-bond donors (Lipinski definition) is 1. The van der Waals surface area contributed by atoms with Crippen LogP contribution in [0.3, 0.4) is 0 Å². The Morgan fingerprint density at radius 1 is 1.10 bits per heavy atom. The average Bonchev–Trinajstić information content (AvgIpc) is 3.33. The van der Waals surface area contributed by atoms with Crippen LogP contribution in [0.5, 0.6) is 0 Å². The van der Waals surface area contributed by atoms with Crippen LogP contribution in [-0.2, 0) is 42.9 Å². The molecule has 0 aromatic carbocycles. The van der Waals surface area contributed by atoms with Gasteiger partial charge in [-0.3, -0.25) is 19.2 Å². The monoisotopic (exact) mass is 720 g/mol. The van der Waals surface area contributed by atoms with Crippen LogP contribution < -0.4 is 0 Å². The van der Waals surface area contributed by atoms with Gasteiger partial charge in [0.25, 0.3) is 0 Å². The van der Waals surface area contributed by atoms with E-state index in [2.05, 4.69) is 0 Å². The lowest BCUT2D eigenvalue weighted by Gasteiger charge is -2.49. The summed E-state index contributed by atoms with van der Waals surface area (Å²) in [5.74, 6) is -6.86. The number of carbonyl (C=O) groups excluding carboxylic acids is 4. The number of aliphatic hydroxyl groups is 1. The van der Waals surface area contributed by atoms with Crippen molar-refractivity contribution >= 4 is 23.6 Å². The van der Waals surface area contributed by atoms with Crippen LogP contribution in [0, 0.1) is 23.2 Å². The summed E-state index contributed by atoms with van der Waals surface area (Å²) in [7, 11) is 3.63. The molecule has 3 unspecified atom stereocenters. The fourth-order valence-corrected chi connectivity index (χ4v) is 8.77. The number of rotatable bonds is 4. The molecule has 5 aliphatic heterocycles. The number of Topliss-reactive ketones (excluding diaryl/α,β-unsaturated/α-hetero) is 1. The summed E-state index contributed by atoms with van der Waals surface area (Å²) in [6.45, 7) is 12.4. The van der Waals surface area contributed by atoms with Gasteiger partial charge in [-0.1, -0.05) is 20.8 Å². The predicted octanol–water partition coefficient (Wildman–Crippen LogP) is 3.65. The number of hydrogen-bond acceptors (Lipinski definition) is 11. The Balaban J connectivity index is 1.87. The second kappa shape index (κ2) is 14.6. The maximum absolute atomic E-state index is 14.6. The van der Waals surface area contributed by atoms with Crippen LogP contribution in [0.4, 0.5) is 13.2 Å². The molecule has 5 fully saturated rings. The van der Waals surface area contributed by atoms with Crippen LogP contribution in [0.1, 0.15) is 87.5 Å². The second-order valence-corrected chi connectivity index (χ2v) is 15.8. The van der Waals surface area contributed by atoms with Gasteiger partial charge in [0.05, 0.1) is 24.2 Å². The van der Waals surface area contributed by atoms with Crippen molar-refractivity contribution in [3.05, 3.63) is 0 Å². The molecule has 286 valence electrons. The molecule has 0 radical (unpaired) electrons. The first-order valence-corrected chi connectivity index (χ1v) is 17.6. The molecule has 13 atom stereocenters. The quantitative estimate of drug-likeness (QED) is 0.336. The molecular formula is C35H55F3N2O10. The minimum atomic E-state index is -5.22. The van der Waals surface area contributed by atoms with Gasteiger partial charge in [-0.25, -0.2) is 0 Å². The van der Waals surface area contributed by atoms with E-state index in [4.69, 9.17) is 23.7 Å². The summed E-state index contributed by atoms with van der Waals surface area (Å²) >= 11 is 0. The third-order valence-corrected chi connectivity index (χ3v) is 11.6. The van der Waals surface area contributed by atoms with E-state index >= 15 is 0 Å². The summed E-state index contributed by atoms with van der Waals surface area (Å²) in [6.07, 6.45) is -9.92. The number of halogens is 3. The molecular weight excluding hydrogens is 665 g/mol. The first-order chi connectivity index (χ1) is 23.0. The van der Waals surface area contributed by atoms with E-state index in [0.717, 1.165) is 4.90 Å². The van der Waals surface area contributed by atoms with Crippen molar-refractivity contribution in [2.75, 3.05) is 27.2 Å². The molecule has 1 amide bonds. The third-order valence-electron chi connectivity index (χ3n) is 11.6. The highest BCUT2D eigenvalue weighted by Gasteiger charge is 2.60. The first-order valence-electron chi connectivity index (χ1n) is 17.6. The zero-order valence-electron chi connectivity index (χ0n) is 30.9. The van der Waals surface area contributed by atoms with Gasteiger partial charge in [-0.2, -0.15) is 13.2 Å². The van der Waals surface area contributed by atoms with Crippen molar-refractivity contribution < 1.29 is 61.1 Å². The highest BCUT2D eigenvalue weighted by atomic mass is 19.4. The number of likely N-dealkylation sites (N-methyl/N-ethyl adjacent to an activating group) is 1. The van der Waals surface area contributed by atoms with Gasteiger partial charge in [0.2, 0.25) is 0 Å². The number of carbonyl (C=O) groups is 4. The minimum Gasteiger partial charge on any atom is -0.457 e. The van der Waals surface area contributed by atoms with Gasteiger partial charge in [-0.05, 0) is 80.3 Å². The third kappa shape index (κ3) is 7.58. The van der Waals surface area contributed by atoms with Gasteiger partial charge in [0.1, 0.15) is 17.6 Å². The second-order valence-electron chi connectivity index (χ2n) is 15.8. The Kier molecular flexibility index (Phi) is 11.8. The summed E-state index contributed by atoms with van der Waals surface area (Å²) in [5.41, 5.74) is -4.71. The SMILES string of the molecule is CC[C@H]1OC(=O)[C@@]2(C)CCO[C@](C)(C[C@@H](C)CN(C(=O)C(F)(F)F)[C@H](C)[C@H]3CC(=O)O[C@@]31C)[C@H](O[C@@H]1OC(C)CC(N(C)C)C1O)[C@@H](C)C2=O. The number of ether oxygens (including phenoxy) is 5. The molecule has 1 N–H and O–H groups in total. The zero-order valence-corrected chi connectivity index (χ0v) is 30.9. The standard InChI is InChI=1S/C35H55F3N2O10/c1-11-24-34(8)22(15-25(41)50-34)21(5)40(30(44)35(36,37)38)17-18(2)16-33(7)28(49-29-26(42)23(39(9)10)14-19(3)47-29)20(4)27(43)32(6,12-13-46-33)31(45)48-24/h18-24,26,28-29,42H,11-17H2,1-10H3/t18-,19?,20+,21-,22-,23?,24-,26?,28-,29+,32+,33-,34+/m1/s1. The molecule has 5 rings (SSSR count). The molecule has 5 heterocycles. The zero-order chi connectivity index (χ0) is 37.7. The van der Waals surface area contributed by atoms with Crippen molar-refractivity contribution in [2.45, 2.75) is 148 Å². The number of amides is 1. The van der Waals surface area contributed by atoms with Crippen molar-refractivity contribution in [2.24, 2.45) is 23.2 Å². The van der Waals surface area contributed by atoms with Crippen molar-refractivity contribution in [1.29, 1.82) is 0 Å². The summed E-state index contributed by atoms with van der Waals surface area (Å²) in [4.78, 5) is 57.2. The molecule has 0 aromatic rings. The molecule has 0 aromatic heterocycles. The van der Waals surface area contributed by atoms with Gasteiger partial charge in [0.15, 0.2) is 17.7 Å². The largest absolute Gasteiger partial charge is 0.471 e. The molecule has 5 aliphatic rings. The fourth-order valence-electron chi connectivity index (χ4n) is 8.77. The van der Waals surface area contributed by atoms with Crippen LogP contribution in [0.15, 0.2) is 0 Å². The average molecular weight is 721 g/mol. The highest BCUT2D eigenvalue weighted by Crippen LogP contribution is 2.46. The molecule has 15 heteroatoms. The Bertz CT molecular complexity index is 1300. The Morgan fingerprint density at radius 2 is 1.74 bits per heavy atom.